The van der Waals surface area contributed by atoms with Gasteiger partial charge in [-0.1, -0.05) is 15.9 Å². The summed E-state index contributed by atoms with van der Waals surface area (Å²) in [6.07, 6.45) is -0.781. The van der Waals surface area contributed by atoms with Crippen molar-refractivity contribution in [2.75, 3.05) is 11.1 Å². The molecule has 86 valence electrons. The zero-order chi connectivity index (χ0) is 11.7. The lowest BCUT2D eigenvalue weighted by atomic mass is 10.1. The number of alkyl halides is 1. The SMILES string of the molecule is Nc1ncnc2n[nH]c(C(O)C(O)CBr)c12. The third-order valence-electron chi connectivity index (χ3n) is 2.23. The van der Waals surface area contributed by atoms with Crippen LogP contribution >= 0.6 is 15.9 Å². The first kappa shape index (κ1) is 11.2. The summed E-state index contributed by atoms with van der Waals surface area (Å²) in [7, 11) is 0. The number of hydrogen-bond donors (Lipinski definition) is 4. The molecule has 0 aliphatic heterocycles. The number of nitrogen functional groups attached to an aromatic ring is 1. The summed E-state index contributed by atoms with van der Waals surface area (Å²) in [5.41, 5.74) is 6.35. The van der Waals surface area contributed by atoms with Gasteiger partial charge in [0.05, 0.1) is 17.2 Å². The van der Waals surface area contributed by atoms with Gasteiger partial charge in [-0.15, -0.1) is 0 Å². The van der Waals surface area contributed by atoms with E-state index in [0.717, 1.165) is 0 Å². The monoisotopic (exact) mass is 287 g/mol. The Kier molecular flexibility index (Phi) is 3.03. The maximum Gasteiger partial charge on any atom is 0.186 e. The van der Waals surface area contributed by atoms with Gasteiger partial charge < -0.3 is 15.9 Å². The third-order valence-corrected chi connectivity index (χ3v) is 2.89. The lowest BCUT2D eigenvalue weighted by molar-refractivity contribution is 0.0324. The number of aromatic amines is 1. The molecule has 0 bridgehead atoms. The fraction of sp³-hybridized carbons (Fsp3) is 0.375. The van der Waals surface area contributed by atoms with Crippen molar-refractivity contribution in [1.82, 2.24) is 20.2 Å². The van der Waals surface area contributed by atoms with Gasteiger partial charge in [-0.2, -0.15) is 5.10 Å². The molecule has 2 heterocycles. The van der Waals surface area contributed by atoms with Crippen molar-refractivity contribution in [2.45, 2.75) is 12.2 Å². The number of rotatable bonds is 3. The first-order chi connectivity index (χ1) is 7.65. The van der Waals surface area contributed by atoms with Crippen LogP contribution in [0.5, 0.6) is 0 Å². The van der Waals surface area contributed by atoms with Crippen LogP contribution in [-0.4, -0.2) is 41.8 Å². The molecule has 0 aliphatic carbocycles. The lowest BCUT2D eigenvalue weighted by Crippen LogP contribution is -2.20. The Morgan fingerprint density at radius 2 is 2.19 bits per heavy atom. The molecule has 16 heavy (non-hydrogen) atoms. The van der Waals surface area contributed by atoms with E-state index in [9.17, 15) is 10.2 Å². The summed E-state index contributed by atoms with van der Waals surface area (Å²) in [4.78, 5) is 7.70. The standard InChI is InChI=1S/C8H10BrN5O2/c9-1-3(15)6(16)5-4-7(10)11-2-12-8(4)14-13-5/h2-3,6,15-16H,1H2,(H3,10,11,12,13,14). The molecule has 0 amide bonds. The topological polar surface area (TPSA) is 121 Å². The number of aliphatic hydroxyl groups is 2. The Labute approximate surface area is 98.8 Å². The summed E-state index contributed by atoms with van der Waals surface area (Å²) < 4.78 is 0. The Morgan fingerprint density at radius 3 is 2.88 bits per heavy atom. The van der Waals surface area contributed by atoms with Crippen molar-refractivity contribution in [3.05, 3.63) is 12.0 Å². The van der Waals surface area contributed by atoms with E-state index in [2.05, 4.69) is 36.1 Å². The molecule has 0 saturated heterocycles. The highest BCUT2D eigenvalue weighted by molar-refractivity contribution is 9.09. The maximum absolute atomic E-state index is 9.84. The van der Waals surface area contributed by atoms with Crippen LogP contribution in [0.1, 0.15) is 11.8 Å². The van der Waals surface area contributed by atoms with Gasteiger partial charge in [0.15, 0.2) is 5.65 Å². The van der Waals surface area contributed by atoms with Crippen LogP contribution in [0.3, 0.4) is 0 Å². The number of nitrogens with one attached hydrogen (secondary N) is 1. The number of aliphatic hydroxyl groups excluding tert-OH is 2. The summed E-state index contributed by atoms with van der Waals surface area (Å²) in [5, 5.41) is 26.5. The second-order valence-electron chi connectivity index (χ2n) is 3.26. The molecule has 0 fully saturated rings. The first-order valence-corrected chi connectivity index (χ1v) is 5.63. The van der Waals surface area contributed by atoms with Crippen LogP contribution in [0.4, 0.5) is 5.82 Å². The molecule has 0 radical (unpaired) electrons. The Hall–Kier alpha value is -1.25. The molecule has 0 aliphatic rings. The zero-order valence-electron chi connectivity index (χ0n) is 8.13. The number of fused-ring (bicyclic) bond motifs is 1. The quantitative estimate of drug-likeness (QED) is 0.577. The molecular weight excluding hydrogens is 278 g/mol. The molecule has 0 aromatic carbocycles. The fourth-order valence-corrected chi connectivity index (χ4v) is 1.75. The molecule has 2 rings (SSSR count). The van der Waals surface area contributed by atoms with Gasteiger partial charge in [-0.25, -0.2) is 9.97 Å². The first-order valence-electron chi connectivity index (χ1n) is 4.51. The smallest absolute Gasteiger partial charge is 0.186 e. The largest absolute Gasteiger partial charge is 0.389 e. The van der Waals surface area contributed by atoms with E-state index in [1.54, 1.807) is 0 Å². The highest BCUT2D eigenvalue weighted by atomic mass is 79.9. The van der Waals surface area contributed by atoms with Gasteiger partial charge in [0.25, 0.3) is 0 Å². The summed E-state index contributed by atoms with van der Waals surface area (Å²) in [5.74, 6) is 0.217. The van der Waals surface area contributed by atoms with Crippen LogP contribution < -0.4 is 5.73 Å². The summed E-state index contributed by atoms with van der Waals surface area (Å²) in [6.45, 7) is 0. The molecule has 2 atom stereocenters. The van der Waals surface area contributed by atoms with Crippen molar-refractivity contribution >= 4 is 32.8 Å². The number of anilines is 1. The van der Waals surface area contributed by atoms with Gasteiger partial charge in [0.2, 0.25) is 0 Å². The van der Waals surface area contributed by atoms with Crippen molar-refractivity contribution in [3.8, 4) is 0 Å². The normalized spacial score (nSPS) is 15.2. The van der Waals surface area contributed by atoms with Crippen LogP contribution in [-0.2, 0) is 0 Å². The minimum absolute atomic E-state index is 0.217. The van der Waals surface area contributed by atoms with E-state index >= 15 is 0 Å². The van der Waals surface area contributed by atoms with Crippen LogP contribution in [0.2, 0.25) is 0 Å². The number of H-pyrrole nitrogens is 1. The van der Waals surface area contributed by atoms with Crippen molar-refractivity contribution in [2.24, 2.45) is 0 Å². The van der Waals surface area contributed by atoms with Gasteiger partial charge in [-0.05, 0) is 0 Å². The third kappa shape index (κ3) is 1.75. The molecule has 7 nitrogen and oxygen atoms in total. The van der Waals surface area contributed by atoms with Gasteiger partial charge in [0, 0.05) is 5.33 Å². The predicted molar refractivity (Wildman–Crippen MR) is 60.9 cm³/mol. The number of nitrogens with two attached hydrogens (primary N) is 1. The lowest BCUT2D eigenvalue weighted by Gasteiger charge is -2.14. The molecule has 8 heteroatoms. The van der Waals surface area contributed by atoms with E-state index in [4.69, 9.17) is 5.73 Å². The van der Waals surface area contributed by atoms with E-state index in [0.29, 0.717) is 16.7 Å². The molecule has 2 unspecified atom stereocenters. The van der Waals surface area contributed by atoms with Crippen LogP contribution in [0, 0.1) is 0 Å². The Bertz CT molecular complexity index is 502. The van der Waals surface area contributed by atoms with E-state index in [-0.39, 0.29) is 11.1 Å². The zero-order valence-corrected chi connectivity index (χ0v) is 9.72. The highest BCUT2D eigenvalue weighted by Gasteiger charge is 2.23. The van der Waals surface area contributed by atoms with Crippen molar-refractivity contribution in [3.63, 3.8) is 0 Å². The highest BCUT2D eigenvalue weighted by Crippen LogP contribution is 2.26. The predicted octanol–water partition coefficient (Wildman–Crippen LogP) is -0.276. The second-order valence-corrected chi connectivity index (χ2v) is 3.91. The van der Waals surface area contributed by atoms with E-state index < -0.39 is 12.2 Å². The van der Waals surface area contributed by atoms with E-state index in [1.807, 2.05) is 0 Å². The van der Waals surface area contributed by atoms with Gasteiger partial charge >= 0.3 is 0 Å². The summed E-state index contributed by atoms with van der Waals surface area (Å²) >= 11 is 3.08. The molecule has 2 aromatic rings. The number of nitrogens with zero attached hydrogens (tertiary/aromatic N) is 3. The van der Waals surface area contributed by atoms with Gasteiger partial charge in [0.1, 0.15) is 18.2 Å². The molecule has 0 saturated carbocycles. The van der Waals surface area contributed by atoms with Gasteiger partial charge in [-0.3, -0.25) is 5.10 Å². The molecule has 0 spiro atoms. The second kappa shape index (κ2) is 4.32. The minimum atomic E-state index is -1.11. The Balaban J connectivity index is 2.53. The minimum Gasteiger partial charge on any atom is -0.389 e. The number of hydrogen-bond acceptors (Lipinski definition) is 6. The Morgan fingerprint density at radius 1 is 1.44 bits per heavy atom. The average molecular weight is 288 g/mol. The van der Waals surface area contributed by atoms with Crippen LogP contribution in [0.15, 0.2) is 6.33 Å². The van der Waals surface area contributed by atoms with Crippen LogP contribution in [0.25, 0.3) is 11.0 Å². The fourth-order valence-electron chi connectivity index (χ4n) is 1.39. The van der Waals surface area contributed by atoms with Crippen molar-refractivity contribution < 1.29 is 10.2 Å². The molecule has 5 N–H and O–H groups in total. The number of aromatic nitrogens is 4. The molecule has 2 aromatic heterocycles. The van der Waals surface area contributed by atoms with Crippen molar-refractivity contribution in [1.29, 1.82) is 0 Å². The number of halogens is 1. The molecular formula is C8H10BrN5O2. The van der Waals surface area contributed by atoms with E-state index in [1.165, 1.54) is 6.33 Å². The summed E-state index contributed by atoms with van der Waals surface area (Å²) in [6, 6.07) is 0. The average Bonchev–Trinajstić information content (AvgIpc) is 2.72. The maximum atomic E-state index is 9.84.